The maximum atomic E-state index is 10.0. The summed E-state index contributed by atoms with van der Waals surface area (Å²) in [5.74, 6) is 0. The Morgan fingerprint density at radius 3 is 2.65 bits per heavy atom. The summed E-state index contributed by atoms with van der Waals surface area (Å²) in [5, 5.41) is 26.9. The van der Waals surface area contributed by atoms with Crippen LogP contribution in [-0.2, 0) is 6.54 Å². The molecule has 3 N–H and O–H groups in total. The highest BCUT2D eigenvalue weighted by molar-refractivity contribution is 4.80. The largest absolute Gasteiger partial charge is 0.390 e. The smallest absolute Gasteiger partial charge is 0.0860 e. The first-order valence-corrected chi connectivity index (χ1v) is 6.18. The molecular formula is C12H23N3O2. The lowest BCUT2D eigenvalue weighted by Gasteiger charge is -2.26. The SMILES string of the molecule is CCC(O)(CC)CNCC(O)Cn1cccn1. The minimum Gasteiger partial charge on any atom is -0.390 e. The van der Waals surface area contributed by atoms with Gasteiger partial charge in [-0.2, -0.15) is 5.10 Å². The number of hydrogen-bond acceptors (Lipinski definition) is 4. The Morgan fingerprint density at radius 2 is 2.12 bits per heavy atom. The van der Waals surface area contributed by atoms with Gasteiger partial charge in [0, 0.05) is 25.5 Å². The van der Waals surface area contributed by atoms with E-state index in [0.29, 0.717) is 32.5 Å². The van der Waals surface area contributed by atoms with E-state index in [2.05, 4.69) is 10.4 Å². The highest BCUT2D eigenvalue weighted by Crippen LogP contribution is 2.12. The zero-order chi connectivity index (χ0) is 12.7. The Morgan fingerprint density at radius 1 is 1.41 bits per heavy atom. The van der Waals surface area contributed by atoms with E-state index in [9.17, 15) is 10.2 Å². The van der Waals surface area contributed by atoms with E-state index in [0.717, 1.165) is 0 Å². The Balaban J connectivity index is 2.22. The van der Waals surface area contributed by atoms with E-state index in [-0.39, 0.29) is 0 Å². The van der Waals surface area contributed by atoms with Gasteiger partial charge in [0.15, 0.2) is 0 Å². The first-order valence-electron chi connectivity index (χ1n) is 6.18. The van der Waals surface area contributed by atoms with Crippen LogP contribution in [-0.4, -0.2) is 44.8 Å². The normalized spacial score (nSPS) is 13.9. The van der Waals surface area contributed by atoms with E-state index in [1.54, 1.807) is 10.9 Å². The molecule has 0 amide bonds. The summed E-state index contributed by atoms with van der Waals surface area (Å²) in [6.07, 6.45) is 4.44. The minimum absolute atomic E-state index is 0.460. The molecule has 0 aromatic carbocycles. The molecule has 0 aliphatic rings. The van der Waals surface area contributed by atoms with Gasteiger partial charge in [0.1, 0.15) is 0 Å². The average molecular weight is 241 g/mol. The number of aliphatic hydroxyl groups excluding tert-OH is 1. The maximum Gasteiger partial charge on any atom is 0.0860 e. The average Bonchev–Trinajstić information content (AvgIpc) is 2.81. The number of hydrogen-bond donors (Lipinski definition) is 3. The summed E-state index contributed by atoms with van der Waals surface area (Å²) < 4.78 is 1.69. The van der Waals surface area contributed by atoms with Crippen LogP contribution in [0.4, 0.5) is 0 Å². The number of nitrogens with zero attached hydrogens (tertiary/aromatic N) is 2. The Bertz CT molecular complexity index is 297. The molecule has 1 aromatic heterocycles. The van der Waals surface area contributed by atoms with E-state index in [1.165, 1.54) is 0 Å². The van der Waals surface area contributed by atoms with Crippen molar-refractivity contribution in [1.82, 2.24) is 15.1 Å². The number of nitrogens with one attached hydrogen (secondary N) is 1. The van der Waals surface area contributed by atoms with Crippen LogP contribution >= 0.6 is 0 Å². The molecule has 0 radical (unpaired) electrons. The molecular weight excluding hydrogens is 218 g/mol. The molecule has 0 aliphatic heterocycles. The lowest BCUT2D eigenvalue weighted by Crippen LogP contribution is -2.42. The molecule has 0 aliphatic carbocycles. The second-order valence-electron chi connectivity index (χ2n) is 4.44. The summed E-state index contributed by atoms with van der Waals surface area (Å²) >= 11 is 0. The van der Waals surface area contributed by atoms with Crippen LogP contribution in [0.25, 0.3) is 0 Å². The molecule has 17 heavy (non-hydrogen) atoms. The monoisotopic (exact) mass is 241 g/mol. The lowest BCUT2D eigenvalue weighted by molar-refractivity contribution is 0.0286. The van der Waals surface area contributed by atoms with Crippen molar-refractivity contribution in [3.05, 3.63) is 18.5 Å². The van der Waals surface area contributed by atoms with Gasteiger partial charge in [0.2, 0.25) is 0 Å². The van der Waals surface area contributed by atoms with Crippen molar-refractivity contribution in [1.29, 1.82) is 0 Å². The topological polar surface area (TPSA) is 70.3 Å². The summed E-state index contributed by atoms with van der Waals surface area (Å²) in [6, 6.07) is 1.83. The van der Waals surface area contributed by atoms with Gasteiger partial charge in [0.05, 0.1) is 18.2 Å². The molecule has 0 bridgehead atoms. The number of aliphatic hydroxyl groups is 2. The minimum atomic E-state index is -0.661. The molecule has 1 atom stereocenters. The van der Waals surface area contributed by atoms with Crippen LogP contribution in [0.5, 0.6) is 0 Å². The zero-order valence-corrected chi connectivity index (χ0v) is 10.6. The van der Waals surface area contributed by atoms with Gasteiger partial charge in [-0.1, -0.05) is 13.8 Å². The van der Waals surface area contributed by atoms with Crippen LogP contribution in [0.1, 0.15) is 26.7 Å². The third-order valence-electron chi connectivity index (χ3n) is 3.11. The van der Waals surface area contributed by atoms with Crippen molar-refractivity contribution < 1.29 is 10.2 Å². The Labute approximate surface area is 102 Å². The van der Waals surface area contributed by atoms with Crippen molar-refractivity contribution >= 4 is 0 Å². The van der Waals surface area contributed by atoms with Crippen molar-refractivity contribution in [2.75, 3.05) is 13.1 Å². The molecule has 0 saturated heterocycles. The highest BCUT2D eigenvalue weighted by atomic mass is 16.3. The van der Waals surface area contributed by atoms with Crippen LogP contribution in [0, 0.1) is 0 Å². The quantitative estimate of drug-likeness (QED) is 0.615. The van der Waals surface area contributed by atoms with Gasteiger partial charge >= 0.3 is 0 Å². The summed E-state index contributed by atoms with van der Waals surface area (Å²) in [5.41, 5.74) is -0.661. The van der Waals surface area contributed by atoms with Crippen LogP contribution < -0.4 is 5.32 Å². The Kier molecular flexibility index (Phi) is 5.61. The lowest BCUT2D eigenvalue weighted by atomic mass is 9.97. The third kappa shape index (κ3) is 4.85. The summed E-state index contributed by atoms with van der Waals surface area (Å²) in [7, 11) is 0. The van der Waals surface area contributed by atoms with Crippen molar-refractivity contribution in [2.45, 2.75) is 44.9 Å². The van der Waals surface area contributed by atoms with E-state index >= 15 is 0 Å². The van der Waals surface area contributed by atoms with Gasteiger partial charge in [-0.05, 0) is 18.9 Å². The van der Waals surface area contributed by atoms with E-state index < -0.39 is 11.7 Å². The fraction of sp³-hybridized carbons (Fsp3) is 0.750. The number of aromatic nitrogens is 2. The van der Waals surface area contributed by atoms with Gasteiger partial charge < -0.3 is 15.5 Å². The molecule has 0 fully saturated rings. The van der Waals surface area contributed by atoms with Gasteiger partial charge in [0.25, 0.3) is 0 Å². The zero-order valence-electron chi connectivity index (χ0n) is 10.6. The molecule has 0 spiro atoms. The standard InChI is InChI=1S/C12H23N3O2/c1-3-12(17,4-2)10-13-8-11(16)9-15-7-5-6-14-15/h5-7,11,13,16-17H,3-4,8-10H2,1-2H3. The molecule has 1 unspecified atom stereocenters. The third-order valence-corrected chi connectivity index (χ3v) is 3.11. The van der Waals surface area contributed by atoms with Gasteiger partial charge in [-0.15, -0.1) is 0 Å². The summed E-state index contributed by atoms with van der Waals surface area (Å²) in [4.78, 5) is 0. The van der Waals surface area contributed by atoms with Crippen LogP contribution in [0.2, 0.25) is 0 Å². The second kappa shape index (κ2) is 6.74. The molecule has 5 heteroatoms. The molecule has 0 saturated carbocycles. The van der Waals surface area contributed by atoms with Crippen molar-refractivity contribution in [3.8, 4) is 0 Å². The van der Waals surface area contributed by atoms with Crippen LogP contribution in [0.15, 0.2) is 18.5 Å². The van der Waals surface area contributed by atoms with Gasteiger partial charge in [-0.3, -0.25) is 4.68 Å². The first-order chi connectivity index (χ1) is 8.09. The fourth-order valence-electron chi connectivity index (χ4n) is 1.66. The number of rotatable bonds is 8. The second-order valence-corrected chi connectivity index (χ2v) is 4.44. The predicted molar refractivity (Wildman–Crippen MR) is 66.6 cm³/mol. The van der Waals surface area contributed by atoms with Crippen molar-refractivity contribution in [2.24, 2.45) is 0 Å². The fourth-order valence-corrected chi connectivity index (χ4v) is 1.66. The molecule has 1 heterocycles. The molecule has 1 rings (SSSR count). The molecule has 98 valence electrons. The Hall–Kier alpha value is -0.910. The summed E-state index contributed by atoms with van der Waals surface area (Å²) in [6.45, 7) is 5.37. The maximum absolute atomic E-state index is 10.0. The van der Waals surface area contributed by atoms with Crippen LogP contribution in [0.3, 0.4) is 0 Å². The molecule has 5 nitrogen and oxygen atoms in total. The van der Waals surface area contributed by atoms with Gasteiger partial charge in [-0.25, -0.2) is 0 Å². The predicted octanol–water partition coefficient (Wildman–Crippen LogP) is 0.385. The van der Waals surface area contributed by atoms with E-state index in [4.69, 9.17) is 0 Å². The van der Waals surface area contributed by atoms with E-state index in [1.807, 2.05) is 26.1 Å². The highest BCUT2D eigenvalue weighted by Gasteiger charge is 2.21. The van der Waals surface area contributed by atoms with Crippen molar-refractivity contribution in [3.63, 3.8) is 0 Å². The molecule has 1 aromatic rings. The first kappa shape index (κ1) is 14.2.